The lowest BCUT2D eigenvalue weighted by atomic mass is 10.1. The summed E-state index contributed by atoms with van der Waals surface area (Å²) in [5, 5.41) is 0.0672. The van der Waals surface area contributed by atoms with Crippen LogP contribution >= 0.6 is 27.5 Å². The van der Waals surface area contributed by atoms with E-state index < -0.39 is 5.82 Å². The largest absolute Gasteiger partial charge is 0.446 e. The van der Waals surface area contributed by atoms with Gasteiger partial charge in [-0.05, 0) is 46.3 Å². The van der Waals surface area contributed by atoms with Crippen molar-refractivity contribution in [2.24, 2.45) is 0 Å². The average molecular weight is 304 g/mol. The number of carbonyl (C=O) groups excluding carboxylic acids is 1. The summed E-state index contributed by atoms with van der Waals surface area (Å²) < 4.78 is 18.3. The zero-order valence-electron chi connectivity index (χ0n) is 7.84. The first-order chi connectivity index (χ1) is 7.58. The molecule has 0 spiro atoms. The number of hydrogen-bond acceptors (Lipinski definition) is 2. The van der Waals surface area contributed by atoms with Crippen LogP contribution in [0.1, 0.15) is 16.1 Å². The van der Waals surface area contributed by atoms with Crippen LogP contribution in [-0.4, -0.2) is 5.78 Å². The highest BCUT2D eigenvalue weighted by Gasteiger charge is 2.16. The van der Waals surface area contributed by atoms with Gasteiger partial charge in [0, 0.05) is 5.56 Å². The molecule has 1 aromatic carbocycles. The summed E-state index contributed by atoms with van der Waals surface area (Å²) >= 11 is 8.86. The third kappa shape index (κ3) is 2.18. The molecular formula is C11H5BrClFO2. The lowest BCUT2D eigenvalue weighted by Crippen LogP contribution is -2.00. The van der Waals surface area contributed by atoms with Crippen molar-refractivity contribution < 1.29 is 13.6 Å². The van der Waals surface area contributed by atoms with Crippen molar-refractivity contribution in [3.63, 3.8) is 0 Å². The van der Waals surface area contributed by atoms with Crippen LogP contribution < -0.4 is 0 Å². The number of rotatable bonds is 2. The van der Waals surface area contributed by atoms with E-state index in [-0.39, 0.29) is 22.1 Å². The van der Waals surface area contributed by atoms with Crippen LogP contribution in [0.4, 0.5) is 4.39 Å². The van der Waals surface area contributed by atoms with Gasteiger partial charge in [-0.2, -0.15) is 0 Å². The van der Waals surface area contributed by atoms with Crippen LogP contribution in [0.3, 0.4) is 0 Å². The molecule has 0 N–H and O–H groups in total. The van der Waals surface area contributed by atoms with E-state index in [1.54, 1.807) is 6.07 Å². The number of ketones is 1. The zero-order valence-corrected chi connectivity index (χ0v) is 10.2. The molecule has 2 aromatic rings. The summed E-state index contributed by atoms with van der Waals surface area (Å²) in [6.07, 6.45) is 0. The monoisotopic (exact) mass is 302 g/mol. The summed E-state index contributed by atoms with van der Waals surface area (Å²) in [5.41, 5.74) is 0.213. The van der Waals surface area contributed by atoms with E-state index in [0.29, 0.717) is 4.67 Å². The normalized spacial score (nSPS) is 10.4. The lowest BCUT2D eigenvalue weighted by molar-refractivity contribution is 0.101. The Labute approximate surface area is 104 Å². The Kier molecular flexibility index (Phi) is 3.12. The standard InChI is InChI=1S/C11H5BrClFO2/c12-10-4-3-9(16-10)11(15)7-2-1-6(14)5-8(7)13/h1-5H. The molecule has 0 bridgehead atoms. The fraction of sp³-hybridized carbons (Fsp3) is 0. The smallest absolute Gasteiger partial charge is 0.229 e. The Balaban J connectivity index is 2.41. The van der Waals surface area contributed by atoms with E-state index in [0.717, 1.165) is 6.07 Å². The van der Waals surface area contributed by atoms with Gasteiger partial charge in [-0.1, -0.05) is 11.6 Å². The summed E-state index contributed by atoms with van der Waals surface area (Å²) in [6.45, 7) is 0. The van der Waals surface area contributed by atoms with E-state index in [2.05, 4.69) is 15.9 Å². The quantitative estimate of drug-likeness (QED) is 0.783. The summed E-state index contributed by atoms with van der Waals surface area (Å²) in [7, 11) is 0. The fourth-order valence-corrected chi connectivity index (χ4v) is 1.80. The van der Waals surface area contributed by atoms with Crippen molar-refractivity contribution in [2.45, 2.75) is 0 Å². The number of halogens is 3. The third-order valence-corrected chi connectivity index (χ3v) is 2.71. The molecule has 0 aliphatic rings. The number of carbonyl (C=O) groups is 1. The van der Waals surface area contributed by atoms with Gasteiger partial charge in [0.15, 0.2) is 10.4 Å². The van der Waals surface area contributed by atoms with Crippen LogP contribution in [-0.2, 0) is 0 Å². The van der Waals surface area contributed by atoms with Crippen LogP contribution in [0.15, 0.2) is 39.4 Å². The minimum Gasteiger partial charge on any atom is -0.446 e. The first-order valence-electron chi connectivity index (χ1n) is 4.33. The number of furan rings is 1. The van der Waals surface area contributed by atoms with E-state index >= 15 is 0 Å². The van der Waals surface area contributed by atoms with Gasteiger partial charge < -0.3 is 4.42 Å². The molecule has 0 fully saturated rings. The minimum atomic E-state index is -0.484. The predicted octanol–water partition coefficient (Wildman–Crippen LogP) is 4.07. The van der Waals surface area contributed by atoms with Gasteiger partial charge in [-0.15, -0.1) is 0 Å². The van der Waals surface area contributed by atoms with Gasteiger partial charge in [0.2, 0.25) is 5.78 Å². The van der Waals surface area contributed by atoms with Gasteiger partial charge in [0.25, 0.3) is 0 Å². The summed E-state index contributed by atoms with van der Waals surface area (Å²) in [6, 6.07) is 6.72. The second kappa shape index (κ2) is 4.39. The molecule has 0 amide bonds. The van der Waals surface area contributed by atoms with Crippen molar-refractivity contribution in [1.29, 1.82) is 0 Å². The molecule has 0 aliphatic heterocycles. The Morgan fingerprint density at radius 2 is 2.06 bits per heavy atom. The Bertz CT molecular complexity index is 551. The molecule has 5 heteroatoms. The maximum absolute atomic E-state index is 12.8. The molecule has 0 saturated carbocycles. The Morgan fingerprint density at radius 1 is 1.31 bits per heavy atom. The average Bonchev–Trinajstić information content (AvgIpc) is 2.64. The van der Waals surface area contributed by atoms with E-state index in [1.165, 1.54) is 18.2 Å². The first kappa shape index (κ1) is 11.4. The van der Waals surface area contributed by atoms with E-state index in [9.17, 15) is 9.18 Å². The lowest BCUT2D eigenvalue weighted by Gasteiger charge is -2.00. The highest BCUT2D eigenvalue weighted by atomic mass is 79.9. The van der Waals surface area contributed by atoms with Crippen molar-refractivity contribution >= 4 is 33.3 Å². The van der Waals surface area contributed by atoms with Crippen molar-refractivity contribution in [3.8, 4) is 0 Å². The van der Waals surface area contributed by atoms with Gasteiger partial charge in [-0.3, -0.25) is 4.79 Å². The molecular weight excluding hydrogens is 298 g/mol. The van der Waals surface area contributed by atoms with Crippen molar-refractivity contribution in [3.05, 3.63) is 57.2 Å². The van der Waals surface area contributed by atoms with Crippen LogP contribution in [0.25, 0.3) is 0 Å². The van der Waals surface area contributed by atoms with Crippen LogP contribution in [0.2, 0.25) is 5.02 Å². The van der Waals surface area contributed by atoms with Crippen LogP contribution in [0.5, 0.6) is 0 Å². The first-order valence-corrected chi connectivity index (χ1v) is 5.50. The van der Waals surface area contributed by atoms with E-state index in [1.807, 2.05) is 0 Å². The molecule has 1 aromatic heterocycles. The van der Waals surface area contributed by atoms with E-state index in [4.69, 9.17) is 16.0 Å². The fourth-order valence-electron chi connectivity index (χ4n) is 1.24. The van der Waals surface area contributed by atoms with Gasteiger partial charge in [0.1, 0.15) is 5.82 Å². The molecule has 2 nitrogen and oxygen atoms in total. The molecule has 82 valence electrons. The Hall–Kier alpha value is -1.13. The Morgan fingerprint density at radius 3 is 2.62 bits per heavy atom. The molecule has 0 radical (unpaired) electrons. The summed E-state index contributed by atoms with van der Waals surface area (Å²) in [4.78, 5) is 11.9. The second-order valence-corrected chi connectivity index (χ2v) is 4.25. The van der Waals surface area contributed by atoms with Crippen molar-refractivity contribution in [1.82, 2.24) is 0 Å². The highest BCUT2D eigenvalue weighted by molar-refractivity contribution is 9.10. The number of hydrogen-bond donors (Lipinski definition) is 0. The third-order valence-electron chi connectivity index (χ3n) is 1.97. The molecule has 2 rings (SSSR count). The maximum Gasteiger partial charge on any atom is 0.229 e. The molecule has 0 unspecified atom stereocenters. The molecule has 0 aliphatic carbocycles. The maximum atomic E-state index is 12.8. The molecule has 0 atom stereocenters. The summed E-state index contributed by atoms with van der Waals surface area (Å²) in [5.74, 6) is -0.710. The molecule has 1 heterocycles. The zero-order chi connectivity index (χ0) is 11.7. The van der Waals surface area contributed by atoms with Gasteiger partial charge in [0.05, 0.1) is 5.02 Å². The van der Waals surface area contributed by atoms with Gasteiger partial charge in [-0.25, -0.2) is 4.39 Å². The highest BCUT2D eigenvalue weighted by Crippen LogP contribution is 2.23. The number of benzene rings is 1. The molecule has 0 saturated heterocycles. The molecule has 16 heavy (non-hydrogen) atoms. The van der Waals surface area contributed by atoms with Crippen molar-refractivity contribution in [2.75, 3.05) is 0 Å². The predicted molar refractivity (Wildman–Crippen MR) is 61.3 cm³/mol. The topological polar surface area (TPSA) is 30.2 Å². The second-order valence-electron chi connectivity index (χ2n) is 3.06. The SMILES string of the molecule is O=C(c1ccc(Br)o1)c1ccc(F)cc1Cl. The van der Waals surface area contributed by atoms with Crippen LogP contribution in [0, 0.1) is 5.82 Å². The van der Waals surface area contributed by atoms with Gasteiger partial charge >= 0.3 is 0 Å². The minimum absolute atomic E-state index is 0.0672.